The molecule has 5 heteroatoms. The van der Waals surface area contributed by atoms with Gasteiger partial charge in [-0.1, -0.05) is 28.1 Å². The highest BCUT2D eigenvalue weighted by Crippen LogP contribution is 2.19. The molecule has 0 fully saturated rings. The van der Waals surface area contributed by atoms with Gasteiger partial charge < -0.3 is 10.2 Å². The zero-order chi connectivity index (χ0) is 16.7. The number of likely N-dealkylation sites (N-methyl/N-ethyl adjacent to an activating group) is 1. The number of benzene rings is 1. The van der Waals surface area contributed by atoms with Crippen LogP contribution in [0.1, 0.15) is 31.9 Å². The molecule has 22 heavy (non-hydrogen) atoms. The molecular weight excluding hydrogens is 344 g/mol. The van der Waals surface area contributed by atoms with Crippen molar-refractivity contribution in [3.05, 3.63) is 39.9 Å². The van der Waals surface area contributed by atoms with Crippen molar-refractivity contribution in [3.63, 3.8) is 0 Å². The van der Waals surface area contributed by atoms with Gasteiger partial charge in [-0.05, 0) is 51.0 Å². The predicted octanol–water partition coefficient (Wildman–Crippen LogP) is 3.14. The van der Waals surface area contributed by atoms with Gasteiger partial charge in [0.1, 0.15) is 0 Å². The number of nitrogens with one attached hydrogen (secondary N) is 1. The molecule has 0 heterocycles. The third kappa shape index (κ3) is 6.02. The van der Waals surface area contributed by atoms with Crippen molar-refractivity contribution < 1.29 is 9.59 Å². The van der Waals surface area contributed by atoms with Gasteiger partial charge in [0.2, 0.25) is 11.8 Å². The Labute approximate surface area is 140 Å². The lowest BCUT2D eigenvalue weighted by atomic mass is 10.1. The first-order valence-electron chi connectivity index (χ1n) is 7.36. The van der Waals surface area contributed by atoms with Crippen LogP contribution in [0, 0.1) is 6.92 Å². The number of halogens is 1. The normalized spacial score (nSPS) is 11.0. The lowest BCUT2D eigenvalue weighted by Gasteiger charge is -2.19. The maximum atomic E-state index is 12.2. The Bertz CT molecular complexity index is 568. The number of aryl methyl sites for hydroxylation is 1. The third-order valence-electron chi connectivity index (χ3n) is 3.04. The van der Waals surface area contributed by atoms with Crippen molar-refractivity contribution in [2.24, 2.45) is 0 Å². The van der Waals surface area contributed by atoms with Gasteiger partial charge in [-0.3, -0.25) is 9.59 Å². The summed E-state index contributed by atoms with van der Waals surface area (Å²) in [4.78, 5) is 25.5. The van der Waals surface area contributed by atoms with Crippen molar-refractivity contribution in [1.29, 1.82) is 0 Å². The number of hydrogen-bond acceptors (Lipinski definition) is 2. The van der Waals surface area contributed by atoms with E-state index in [-0.39, 0.29) is 24.4 Å². The fourth-order valence-electron chi connectivity index (χ4n) is 1.92. The standard InChI is InChI=1S/C17H23BrN2O2/c1-5-20(11-16(21)19-12(2)3)17(22)9-8-14-7-6-13(4)10-15(14)18/h6-10,12H,5,11H2,1-4H3,(H,19,21)/b9-8+. The van der Waals surface area contributed by atoms with Crippen LogP contribution in [0.4, 0.5) is 0 Å². The smallest absolute Gasteiger partial charge is 0.247 e. The fourth-order valence-corrected chi connectivity index (χ4v) is 2.55. The quantitative estimate of drug-likeness (QED) is 0.786. The maximum absolute atomic E-state index is 12.2. The van der Waals surface area contributed by atoms with Crippen LogP contribution in [0.15, 0.2) is 28.7 Å². The molecule has 1 N–H and O–H groups in total. The van der Waals surface area contributed by atoms with Crippen LogP contribution >= 0.6 is 15.9 Å². The maximum Gasteiger partial charge on any atom is 0.247 e. The summed E-state index contributed by atoms with van der Waals surface area (Å²) in [5, 5.41) is 2.79. The van der Waals surface area contributed by atoms with Crippen LogP contribution in [-0.4, -0.2) is 35.8 Å². The van der Waals surface area contributed by atoms with E-state index in [1.807, 2.05) is 45.9 Å². The average Bonchev–Trinajstić information content (AvgIpc) is 2.42. The monoisotopic (exact) mass is 366 g/mol. The summed E-state index contributed by atoms with van der Waals surface area (Å²) >= 11 is 3.48. The van der Waals surface area contributed by atoms with Crippen molar-refractivity contribution in [2.45, 2.75) is 33.7 Å². The molecular formula is C17H23BrN2O2. The number of hydrogen-bond donors (Lipinski definition) is 1. The summed E-state index contributed by atoms with van der Waals surface area (Å²) < 4.78 is 0.942. The SMILES string of the molecule is CCN(CC(=O)NC(C)C)C(=O)/C=C/c1ccc(C)cc1Br. The van der Waals surface area contributed by atoms with Crippen LogP contribution < -0.4 is 5.32 Å². The minimum atomic E-state index is -0.172. The second-order valence-electron chi connectivity index (χ2n) is 5.43. The Kier molecular flexibility index (Phi) is 7.32. The van der Waals surface area contributed by atoms with Crippen LogP contribution in [0.3, 0.4) is 0 Å². The molecule has 0 bridgehead atoms. The molecule has 4 nitrogen and oxygen atoms in total. The van der Waals surface area contributed by atoms with E-state index >= 15 is 0 Å². The third-order valence-corrected chi connectivity index (χ3v) is 3.73. The number of rotatable bonds is 6. The van der Waals surface area contributed by atoms with Crippen molar-refractivity contribution in [1.82, 2.24) is 10.2 Å². The summed E-state index contributed by atoms with van der Waals surface area (Å²) in [5.41, 5.74) is 2.08. The van der Waals surface area contributed by atoms with E-state index in [1.165, 1.54) is 11.0 Å². The van der Waals surface area contributed by atoms with Crippen LogP contribution in [0.25, 0.3) is 6.08 Å². The highest BCUT2D eigenvalue weighted by Gasteiger charge is 2.13. The molecule has 0 aliphatic heterocycles. The van der Waals surface area contributed by atoms with Gasteiger partial charge in [0, 0.05) is 23.1 Å². The highest BCUT2D eigenvalue weighted by atomic mass is 79.9. The molecule has 0 atom stereocenters. The van der Waals surface area contributed by atoms with E-state index in [0.29, 0.717) is 6.54 Å². The molecule has 0 saturated heterocycles. The van der Waals surface area contributed by atoms with Gasteiger partial charge in [-0.15, -0.1) is 0 Å². The molecule has 0 spiro atoms. The first-order valence-corrected chi connectivity index (χ1v) is 8.15. The topological polar surface area (TPSA) is 49.4 Å². The van der Waals surface area contributed by atoms with Gasteiger partial charge in [0.05, 0.1) is 6.54 Å². The second kappa shape index (κ2) is 8.73. The molecule has 1 rings (SSSR count). The van der Waals surface area contributed by atoms with Gasteiger partial charge >= 0.3 is 0 Å². The Hall–Kier alpha value is -1.62. The summed E-state index contributed by atoms with van der Waals surface area (Å²) in [6.45, 7) is 8.22. The first-order chi connectivity index (χ1) is 10.3. The molecule has 0 unspecified atom stereocenters. The molecule has 0 aliphatic carbocycles. The van der Waals surface area contributed by atoms with E-state index in [0.717, 1.165) is 15.6 Å². The van der Waals surface area contributed by atoms with E-state index in [9.17, 15) is 9.59 Å². The zero-order valence-electron chi connectivity index (χ0n) is 13.5. The molecule has 2 amide bonds. The van der Waals surface area contributed by atoms with Crippen molar-refractivity contribution in [3.8, 4) is 0 Å². The van der Waals surface area contributed by atoms with Gasteiger partial charge in [-0.25, -0.2) is 0 Å². The van der Waals surface area contributed by atoms with Gasteiger partial charge in [-0.2, -0.15) is 0 Å². The average molecular weight is 367 g/mol. The predicted molar refractivity (Wildman–Crippen MR) is 93.4 cm³/mol. The largest absolute Gasteiger partial charge is 0.352 e. The van der Waals surface area contributed by atoms with Crippen molar-refractivity contribution in [2.75, 3.05) is 13.1 Å². The number of carbonyl (C=O) groups is 2. The molecule has 1 aromatic rings. The molecule has 0 radical (unpaired) electrons. The minimum Gasteiger partial charge on any atom is -0.352 e. The Balaban J connectivity index is 2.72. The summed E-state index contributed by atoms with van der Waals surface area (Å²) in [5.74, 6) is -0.316. The van der Waals surface area contributed by atoms with Gasteiger partial charge in [0.15, 0.2) is 0 Å². The first kappa shape index (κ1) is 18.4. The van der Waals surface area contributed by atoms with E-state index in [1.54, 1.807) is 6.08 Å². The van der Waals surface area contributed by atoms with E-state index in [4.69, 9.17) is 0 Å². The highest BCUT2D eigenvalue weighted by molar-refractivity contribution is 9.10. The number of carbonyl (C=O) groups excluding carboxylic acids is 2. The molecule has 1 aromatic carbocycles. The Morgan fingerprint density at radius 2 is 2.05 bits per heavy atom. The van der Waals surface area contributed by atoms with Crippen LogP contribution in [0.2, 0.25) is 0 Å². The van der Waals surface area contributed by atoms with E-state index in [2.05, 4.69) is 21.2 Å². The van der Waals surface area contributed by atoms with Crippen LogP contribution in [0.5, 0.6) is 0 Å². The lowest BCUT2D eigenvalue weighted by Crippen LogP contribution is -2.42. The summed E-state index contributed by atoms with van der Waals surface area (Å²) in [7, 11) is 0. The van der Waals surface area contributed by atoms with Gasteiger partial charge in [0.25, 0.3) is 0 Å². The lowest BCUT2D eigenvalue weighted by molar-refractivity contribution is -0.132. The molecule has 120 valence electrons. The minimum absolute atomic E-state index is 0.0698. The molecule has 0 aromatic heterocycles. The summed E-state index contributed by atoms with van der Waals surface area (Å²) in [6.07, 6.45) is 3.26. The van der Waals surface area contributed by atoms with Crippen LogP contribution in [-0.2, 0) is 9.59 Å². The molecule has 0 aliphatic rings. The number of amides is 2. The Morgan fingerprint density at radius 1 is 1.36 bits per heavy atom. The fraction of sp³-hybridized carbons (Fsp3) is 0.412. The van der Waals surface area contributed by atoms with Crippen molar-refractivity contribution >= 4 is 33.8 Å². The second-order valence-corrected chi connectivity index (χ2v) is 6.29. The Morgan fingerprint density at radius 3 is 2.59 bits per heavy atom. The van der Waals surface area contributed by atoms with E-state index < -0.39 is 0 Å². The number of nitrogens with zero attached hydrogens (tertiary/aromatic N) is 1. The zero-order valence-corrected chi connectivity index (χ0v) is 15.1. The summed E-state index contributed by atoms with van der Waals surface area (Å²) in [6, 6.07) is 6.01. The molecule has 0 saturated carbocycles.